The zero-order valence-corrected chi connectivity index (χ0v) is 8.32. The Hall–Kier alpha value is -0.990. The predicted octanol–water partition coefficient (Wildman–Crippen LogP) is 2.31. The molecule has 0 amide bonds. The Morgan fingerprint density at radius 3 is 2.85 bits per heavy atom. The summed E-state index contributed by atoms with van der Waals surface area (Å²) in [6, 6.07) is 8.34. The van der Waals surface area contributed by atoms with E-state index in [1.165, 1.54) is 16.5 Å². The Morgan fingerprint density at radius 1 is 1.31 bits per heavy atom. The zero-order chi connectivity index (χ0) is 8.39. The molecular weight excluding hydrogens is 184 g/mol. The van der Waals surface area contributed by atoms with Crippen molar-refractivity contribution in [1.29, 1.82) is 0 Å². The molecule has 0 bridgehead atoms. The third-order valence-electron chi connectivity index (χ3n) is 2.04. The molecule has 0 atom stereocenters. The Kier molecular flexibility index (Phi) is 3.34. The standard InChI is InChI=1S/C10H12N2.ClH/c1-11-6-8-7-12-10-5-3-2-4-9(8)10;/h2-5,7,11-12H,6H2,1H3;1H. The molecule has 2 nitrogen and oxygen atoms in total. The highest BCUT2D eigenvalue weighted by Crippen LogP contribution is 2.16. The van der Waals surface area contributed by atoms with Crippen molar-refractivity contribution in [3.05, 3.63) is 36.0 Å². The Bertz CT molecular complexity index is 381. The summed E-state index contributed by atoms with van der Waals surface area (Å²) in [5.74, 6) is 0. The van der Waals surface area contributed by atoms with Gasteiger partial charge in [0.25, 0.3) is 0 Å². The maximum Gasteiger partial charge on any atom is 0.0457 e. The molecule has 0 saturated heterocycles. The molecule has 0 fully saturated rings. The van der Waals surface area contributed by atoms with Crippen LogP contribution in [0.4, 0.5) is 0 Å². The Balaban J connectivity index is 0.000000845. The predicted molar refractivity (Wildman–Crippen MR) is 58.3 cm³/mol. The second kappa shape index (κ2) is 4.30. The molecule has 70 valence electrons. The molecule has 2 rings (SSSR count). The van der Waals surface area contributed by atoms with Gasteiger partial charge in [0.2, 0.25) is 0 Å². The fraction of sp³-hybridized carbons (Fsp3) is 0.200. The van der Waals surface area contributed by atoms with E-state index >= 15 is 0 Å². The van der Waals surface area contributed by atoms with Crippen LogP contribution in [0.25, 0.3) is 10.9 Å². The van der Waals surface area contributed by atoms with Crippen LogP contribution in [0.5, 0.6) is 0 Å². The van der Waals surface area contributed by atoms with Crippen molar-refractivity contribution in [2.45, 2.75) is 6.54 Å². The summed E-state index contributed by atoms with van der Waals surface area (Å²) in [6.45, 7) is 0.921. The van der Waals surface area contributed by atoms with Gasteiger partial charge in [0.15, 0.2) is 0 Å². The fourth-order valence-corrected chi connectivity index (χ4v) is 1.47. The van der Waals surface area contributed by atoms with Crippen molar-refractivity contribution >= 4 is 23.3 Å². The van der Waals surface area contributed by atoms with Crippen LogP contribution in [0, 0.1) is 0 Å². The van der Waals surface area contributed by atoms with Crippen LogP contribution in [0.2, 0.25) is 0 Å². The fourth-order valence-electron chi connectivity index (χ4n) is 1.47. The first-order chi connectivity index (χ1) is 5.92. The summed E-state index contributed by atoms with van der Waals surface area (Å²) in [5.41, 5.74) is 2.54. The van der Waals surface area contributed by atoms with Crippen LogP contribution >= 0.6 is 12.4 Å². The lowest BCUT2D eigenvalue weighted by Crippen LogP contribution is -2.03. The first-order valence-electron chi connectivity index (χ1n) is 4.11. The third-order valence-corrected chi connectivity index (χ3v) is 2.04. The smallest absolute Gasteiger partial charge is 0.0457 e. The van der Waals surface area contributed by atoms with Crippen LogP contribution in [0.15, 0.2) is 30.5 Å². The van der Waals surface area contributed by atoms with Gasteiger partial charge in [0.1, 0.15) is 0 Å². The van der Waals surface area contributed by atoms with Crippen LogP contribution in [0.1, 0.15) is 5.56 Å². The number of fused-ring (bicyclic) bond motifs is 1. The summed E-state index contributed by atoms with van der Waals surface area (Å²) < 4.78 is 0. The number of para-hydroxylation sites is 1. The molecular formula is C10H13ClN2. The molecule has 0 radical (unpaired) electrons. The minimum Gasteiger partial charge on any atom is -0.361 e. The maximum atomic E-state index is 3.23. The van der Waals surface area contributed by atoms with Crippen LogP contribution < -0.4 is 5.32 Å². The number of H-pyrrole nitrogens is 1. The van der Waals surface area contributed by atoms with E-state index in [0.29, 0.717) is 0 Å². The van der Waals surface area contributed by atoms with Crippen molar-refractivity contribution in [3.8, 4) is 0 Å². The molecule has 3 heteroatoms. The van der Waals surface area contributed by atoms with Gasteiger partial charge in [-0.2, -0.15) is 0 Å². The molecule has 1 aromatic carbocycles. The Labute approximate surface area is 83.8 Å². The van der Waals surface area contributed by atoms with Crippen LogP contribution in [0.3, 0.4) is 0 Å². The van der Waals surface area contributed by atoms with Gasteiger partial charge in [0.05, 0.1) is 0 Å². The number of hydrogen-bond donors (Lipinski definition) is 2. The summed E-state index contributed by atoms with van der Waals surface area (Å²) in [7, 11) is 1.96. The number of benzene rings is 1. The molecule has 1 aromatic heterocycles. The highest BCUT2D eigenvalue weighted by Gasteiger charge is 1.99. The van der Waals surface area contributed by atoms with E-state index in [1.54, 1.807) is 0 Å². The molecule has 2 aromatic rings. The largest absolute Gasteiger partial charge is 0.361 e. The average molecular weight is 197 g/mol. The van der Waals surface area contributed by atoms with Gasteiger partial charge >= 0.3 is 0 Å². The monoisotopic (exact) mass is 196 g/mol. The molecule has 0 aliphatic rings. The van der Waals surface area contributed by atoms with Crippen molar-refractivity contribution in [2.75, 3.05) is 7.05 Å². The second-order valence-corrected chi connectivity index (χ2v) is 2.89. The number of rotatable bonds is 2. The first-order valence-corrected chi connectivity index (χ1v) is 4.11. The van der Waals surface area contributed by atoms with Gasteiger partial charge in [-0.3, -0.25) is 0 Å². The number of nitrogens with one attached hydrogen (secondary N) is 2. The third kappa shape index (κ3) is 1.85. The van der Waals surface area contributed by atoms with Gasteiger partial charge in [-0.05, 0) is 18.7 Å². The number of aromatic nitrogens is 1. The number of halogens is 1. The molecule has 0 aliphatic carbocycles. The zero-order valence-electron chi connectivity index (χ0n) is 7.50. The minimum absolute atomic E-state index is 0. The summed E-state index contributed by atoms with van der Waals surface area (Å²) in [5, 5.41) is 4.45. The average Bonchev–Trinajstić information content (AvgIpc) is 2.50. The van der Waals surface area contributed by atoms with E-state index < -0.39 is 0 Å². The lowest BCUT2D eigenvalue weighted by Gasteiger charge is -1.95. The summed E-state index contributed by atoms with van der Waals surface area (Å²) >= 11 is 0. The molecule has 0 aliphatic heterocycles. The molecule has 0 unspecified atom stereocenters. The van der Waals surface area contributed by atoms with Gasteiger partial charge in [-0.25, -0.2) is 0 Å². The molecule has 1 heterocycles. The lowest BCUT2D eigenvalue weighted by atomic mass is 10.2. The van der Waals surface area contributed by atoms with E-state index in [0.717, 1.165) is 6.54 Å². The van der Waals surface area contributed by atoms with E-state index in [9.17, 15) is 0 Å². The molecule has 0 saturated carbocycles. The van der Waals surface area contributed by atoms with E-state index in [2.05, 4.69) is 34.7 Å². The quantitative estimate of drug-likeness (QED) is 0.758. The SMILES string of the molecule is CNCc1c[nH]c2ccccc12.Cl. The normalized spacial score (nSPS) is 9.92. The van der Waals surface area contributed by atoms with Gasteiger partial charge in [-0.15, -0.1) is 12.4 Å². The van der Waals surface area contributed by atoms with Gasteiger partial charge < -0.3 is 10.3 Å². The van der Waals surface area contributed by atoms with Crippen molar-refractivity contribution in [2.24, 2.45) is 0 Å². The van der Waals surface area contributed by atoms with Gasteiger partial charge in [-0.1, -0.05) is 18.2 Å². The number of hydrogen-bond acceptors (Lipinski definition) is 1. The van der Waals surface area contributed by atoms with Crippen molar-refractivity contribution in [1.82, 2.24) is 10.3 Å². The van der Waals surface area contributed by atoms with Crippen LogP contribution in [-0.4, -0.2) is 12.0 Å². The molecule has 2 N–H and O–H groups in total. The first kappa shape index (κ1) is 10.1. The van der Waals surface area contributed by atoms with E-state index in [-0.39, 0.29) is 12.4 Å². The van der Waals surface area contributed by atoms with E-state index in [4.69, 9.17) is 0 Å². The lowest BCUT2D eigenvalue weighted by molar-refractivity contribution is 0.823. The highest BCUT2D eigenvalue weighted by atomic mass is 35.5. The topological polar surface area (TPSA) is 27.8 Å². The number of aromatic amines is 1. The molecule has 0 spiro atoms. The molecule has 13 heavy (non-hydrogen) atoms. The van der Waals surface area contributed by atoms with Crippen molar-refractivity contribution < 1.29 is 0 Å². The van der Waals surface area contributed by atoms with E-state index in [1.807, 2.05) is 13.1 Å². The highest BCUT2D eigenvalue weighted by molar-refractivity contribution is 5.85. The van der Waals surface area contributed by atoms with Gasteiger partial charge in [0, 0.05) is 23.6 Å². The van der Waals surface area contributed by atoms with Crippen molar-refractivity contribution in [3.63, 3.8) is 0 Å². The minimum atomic E-state index is 0. The second-order valence-electron chi connectivity index (χ2n) is 2.89. The maximum absolute atomic E-state index is 3.23. The summed E-state index contributed by atoms with van der Waals surface area (Å²) in [4.78, 5) is 3.23. The van der Waals surface area contributed by atoms with Crippen LogP contribution in [-0.2, 0) is 6.54 Å². The summed E-state index contributed by atoms with van der Waals surface area (Å²) in [6.07, 6.45) is 2.06. The Morgan fingerprint density at radius 2 is 2.08 bits per heavy atom.